The molecule has 0 saturated carbocycles. The fourth-order valence-corrected chi connectivity index (χ4v) is 1.87. The Kier molecular flexibility index (Phi) is 3.87. The van der Waals surface area contributed by atoms with E-state index in [0.717, 1.165) is 25.9 Å². The minimum Gasteiger partial charge on any atom is -0.354 e. The summed E-state index contributed by atoms with van der Waals surface area (Å²) in [6.07, 6.45) is 5.49. The van der Waals surface area contributed by atoms with Crippen LogP contribution in [0.15, 0.2) is 12.4 Å². The van der Waals surface area contributed by atoms with Crippen molar-refractivity contribution in [2.75, 3.05) is 19.6 Å². The standard InChI is InChI=1S/C10H17N5O/c16-10(9-2-1-3-11-8-9)12-4-6-15-7-5-13-14-15/h5,7,9,11H,1-4,6,8H2,(H,12,16)/t9-/m0/s1. The average Bonchev–Trinajstić information content (AvgIpc) is 2.83. The Bertz CT molecular complexity index is 318. The highest BCUT2D eigenvalue weighted by Crippen LogP contribution is 2.09. The molecule has 1 aliphatic rings. The van der Waals surface area contributed by atoms with Gasteiger partial charge in [0.05, 0.1) is 18.7 Å². The molecule has 1 aromatic rings. The topological polar surface area (TPSA) is 71.8 Å². The lowest BCUT2D eigenvalue weighted by atomic mass is 9.99. The Morgan fingerprint density at radius 1 is 1.62 bits per heavy atom. The molecule has 1 amide bonds. The minimum atomic E-state index is 0.129. The van der Waals surface area contributed by atoms with Gasteiger partial charge in [0, 0.05) is 19.3 Å². The molecule has 0 unspecified atom stereocenters. The van der Waals surface area contributed by atoms with Crippen LogP contribution in [-0.4, -0.2) is 40.5 Å². The number of carbonyl (C=O) groups is 1. The van der Waals surface area contributed by atoms with Crippen molar-refractivity contribution in [1.82, 2.24) is 25.6 Å². The monoisotopic (exact) mass is 223 g/mol. The molecule has 2 N–H and O–H groups in total. The lowest BCUT2D eigenvalue weighted by Gasteiger charge is -2.21. The van der Waals surface area contributed by atoms with E-state index in [2.05, 4.69) is 20.9 Å². The van der Waals surface area contributed by atoms with Gasteiger partial charge in [-0.3, -0.25) is 9.48 Å². The Labute approximate surface area is 94.4 Å². The maximum Gasteiger partial charge on any atom is 0.224 e. The molecule has 0 radical (unpaired) electrons. The quantitative estimate of drug-likeness (QED) is 0.714. The van der Waals surface area contributed by atoms with Crippen LogP contribution in [0.2, 0.25) is 0 Å². The molecule has 1 aliphatic heterocycles. The molecule has 0 bridgehead atoms. The first-order valence-corrected chi connectivity index (χ1v) is 5.69. The molecular formula is C10H17N5O. The van der Waals surface area contributed by atoms with Gasteiger partial charge in [0.15, 0.2) is 0 Å². The number of hydrogen-bond acceptors (Lipinski definition) is 4. The third kappa shape index (κ3) is 3.03. The summed E-state index contributed by atoms with van der Waals surface area (Å²) >= 11 is 0. The highest BCUT2D eigenvalue weighted by atomic mass is 16.1. The Balaban J connectivity index is 1.67. The van der Waals surface area contributed by atoms with Crippen molar-refractivity contribution in [3.05, 3.63) is 12.4 Å². The third-order valence-corrected chi connectivity index (χ3v) is 2.78. The lowest BCUT2D eigenvalue weighted by molar-refractivity contribution is -0.125. The summed E-state index contributed by atoms with van der Waals surface area (Å²) in [4.78, 5) is 11.7. The zero-order chi connectivity index (χ0) is 11.2. The first kappa shape index (κ1) is 11.1. The van der Waals surface area contributed by atoms with Crippen molar-refractivity contribution < 1.29 is 4.79 Å². The molecule has 1 fully saturated rings. The summed E-state index contributed by atoms with van der Waals surface area (Å²) < 4.78 is 1.71. The summed E-state index contributed by atoms with van der Waals surface area (Å²) in [6, 6.07) is 0. The smallest absolute Gasteiger partial charge is 0.224 e. The van der Waals surface area contributed by atoms with E-state index in [4.69, 9.17) is 0 Å². The Morgan fingerprint density at radius 3 is 3.25 bits per heavy atom. The number of rotatable bonds is 4. The van der Waals surface area contributed by atoms with Crippen LogP contribution in [0, 0.1) is 5.92 Å². The molecule has 1 aromatic heterocycles. The molecule has 16 heavy (non-hydrogen) atoms. The fraction of sp³-hybridized carbons (Fsp3) is 0.700. The molecule has 1 saturated heterocycles. The molecule has 2 heterocycles. The molecule has 0 spiro atoms. The van der Waals surface area contributed by atoms with Crippen LogP contribution in [0.3, 0.4) is 0 Å². The third-order valence-electron chi connectivity index (χ3n) is 2.78. The summed E-state index contributed by atoms with van der Waals surface area (Å²) in [6.45, 7) is 3.11. The second-order valence-electron chi connectivity index (χ2n) is 4.00. The number of nitrogens with one attached hydrogen (secondary N) is 2. The van der Waals surface area contributed by atoms with E-state index in [1.54, 1.807) is 17.1 Å². The van der Waals surface area contributed by atoms with Gasteiger partial charge in [-0.25, -0.2) is 0 Å². The summed E-state index contributed by atoms with van der Waals surface area (Å²) in [7, 11) is 0. The van der Waals surface area contributed by atoms with Gasteiger partial charge < -0.3 is 10.6 Å². The van der Waals surface area contributed by atoms with Gasteiger partial charge in [-0.05, 0) is 19.4 Å². The number of piperidine rings is 1. The molecule has 6 heteroatoms. The van der Waals surface area contributed by atoms with Crippen LogP contribution < -0.4 is 10.6 Å². The fourth-order valence-electron chi connectivity index (χ4n) is 1.87. The molecule has 2 rings (SSSR count). The van der Waals surface area contributed by atoms with Crippen LogP contribution in [-0.2, 0) is 11.3 Å². The number of carbonyl (C=O) groups excluding carboxylic acids is 1. The molecule has 0 aliphatic carbocycles. The van der Waals surface area contributed by atoms with Crippen molar-refractivity contribution in [3.8, 4) is 0 Å². The van der Waals surface area contributed by atoms with Crippen molar-refractivity contribution in [3.63, 3.8) is 0 Å². The number of nitrogens with zero attached hydrogens (tertiary/aromatic N) is 3. The summed E-state index contributed by atoms with van der Waals surface area (Å²) in [5.41, 5.74) is 0. The predicted molar refractivity (Wildman–Crippen MR) is 58.6 cm³/mol. The van der Waals surface area contributed by atoms with Crippen LogP contribution >= 0.6 is 0 Å². The summed E-state index contributed by atoms with van der Waals surface area (Å²) in [5.74, 6) is 0.275. The van der Waals surface area contributed by atoms with Gasteiger partial charge in [0.2, 0.25) is 5.91 Å². The Hall–Kier alpha value is -1.43. The predicted octanol–water partition coefficient (Wildman–Crippen LogP) is -0.606. The first-order chi connectivity index (χ1) is 7.86. The maximum atomic E-state index is 11.7. The lowest BCUT2D eigenvalue weighted by Crippen LogP contribution is -2.41. The largest absolute Gasteiger partial charge is 0.354 e. The molecule has 1 atom stereocenters. The molecule has 88 valence electrons. The molecular weight excluding hydrogens is 206 g/mol. The van der Waals surface area contributed by atoms with E-state index in [-0.39, 0.29) is 11.8 Å². The first-order valence-electron chi connectivity index (χ1n) is 5.69. The number of hydrogen-bond donors (Lipinski definition) is 2. The van der Waals surface area contributed by atoms with Gasteiger partial charge in [-0.2, -0.15) is 0 Å². The molecule has 6 nitrogen and oxygen atoms in total. The van der Waals surface area contributed by atoms with Gasteiger partial charge >= 0.3 is 0 Å². The van der Waals surface area contributed by atoms with Crippen molar-refractivity contribution >= 4 is 5.91 Å². The number of aromatic nitrogens is 3. The normalized spacial score (nSPS) is 20.6. The maximum absolute atomic E-state index is 11.7. The highest BCUT2D eigenvalue weighted by molar-refractivity contribution is 5.78. The van der Waals surface area contributed by atoms with Crippen LogP contribution in [0.5, 0.6) is 0 Å². The van der Waals surface area contributed by atoms with E-state index in [1.807, 2.05) is 0 Å². The zero-order valence-electron chi connectivity index (χ0n) is 9.22. The van der Waals surface area contributed by atoms with E-state index < -0.39 is 0 Å². The van der Waals surface area contributed by atoms with Crippen LogP contribution in [0.25, 0.3) is 0 Å². The van der Waals surface area contributed by atoms with Gasteiger partial charge in [0.25, 0.3) is 0 Å². The zero-order valence-corrected chi connectivity index (χ0v) is 9.22. The van der Waals surface area contributed by atoms with E-state index >= 15 is 0 Å². The number of amides is 1. The van der Waals surface area contributed by atoms with Crippen molar-refractivity contribution in [1.29, 1.82) is 0 Å². The second kappa shape index (κ2) is 5.60. The van der Waals surface area contributed by atoms with Crippen molar-refractivity contribution in [2.45, 2.75) is 19.4 Å². The van der Waals surface area contributed by atoms with Gasteiger partial charge in [-0.15, -0.1) is 5.10 Å². The van der Waals surface area contributed by atoms with Crippen molar-refractivity contribution in [2.24, 2.45) is 5.92 Å². The van der Waals surface area contributed by atoms with Gasteiger partial charge in [0.1, 0.15) is 0 Å². The highest BCUT2D eigenvalue weighted by Gasteiger charge is 2.19. The minimum absolute atomic E-state index is 0.129. The van der Waals surface area contributed by atoms with E-state index in [9.17, 15) is 4.79 Å². The SMILES string of the molecule is O=C(NCCn1ccnn1)[C@H]1CCCNC1. The van der Waals surface area contributed by atoms with E-state index in [1.165, 1.54) is 0 Å². The van der Waals surface area contributed by atoms with Crippen LogP contribution in [0.1, 0.15) is 12.8 Å². The summed E-state index contributed by atoms with van der Waals surface area (Å²) in [5, 5.41) is 13.7. The Morgan fingerprint density at radius 2 is 2.56 bits per heavy atom. The second-order valence-corrected chi connectivity index (χ2v) is 4.00. The van der Waals surface area contributed by atoms with Crippen LogP contribution in [0.4, 0.5) is 0 Å². The van der Waals surface area contributed by atoms with Gasteiger partial charge in [-0.1, -0.05) is 5.21 Å². The molecule has 0 aromatic carbocycles. The van der Waals surface area contributed by atoms with E-state index in [0.29, 0.717) is 13.1 Å². The average molecular weight is 223 g/mol.